The van der Waals surface area contributed by atoms with Crippen molar-refractivity contribution in [3.8, 4) is 5.75 Å². The topological polar surface area (TPSA) is 50.4 Å². The molecule has 1 atom stereocenters. The minimum absolute atomic E-state index is 0.0933. The number of anilines is 1. The van der Waals surface area contributed by atoms with Crippen molar-refractivity contribution in [3.05, 3.63) is 24.3 Å². The normalized spacial score (nSPS) is 18.9. The molecule has 1 saturated heterocycles. The highest BCUT2D eigenvalue weighted by Crippen LogP contribution is 2.18. The van der Waals surface area contributed by atoms with Crippen LogP contribution in [-0.4, -0.2) is 26.1 Å². The zero-order valence-electron chi connectivity index (χ0n) is 11.4. The number of hydrogen-bond donors (Lipinski definition) is 2. The van der Waals surface area contributed by atoms with Gasteiger partial charge in [0, 0.05) is 12.1 Å². The molecule has 1 fully saturated rings. The third-order valence-electron chi connectivity index (χ3n) is 3.55. The fourth-order valence-corrected chi connectivity index (χ4v) is 2.40. The molecular weight excluding hydrogens is 240 g/mol. The van der Waals surface area contributed by atoms with E-state index in [2.05, 4.69) is 10.6 Å². The summed E-state index contributed by atoms with van der Waals surface area (Å²) < 4.78 is 5.08. The number of piperidine rings is 1. The number of carbonyl (C=O) groups is 1. The van der Waals surface area contributed by atoms with E-state index in [4.69, 9.17) is 4.74 Å². The standard InChI is InChI=1S/C15H22N2O2/c1-19-14-7-5-13(6-8-14)17-15(18)9-4-12-3-2-10-16-11-12/h5-8,12,16H,2-4,9-11H2,1H3,(H,17,18). The molecule has 2 N–H and O–H groups in total. The molecule has 0 radical (unpaired) electrons. The lowest BCUT2D eigenvalue weighted by Crippen LogP contribution is -2.30. The van der Waals surface area contributed by atoms with Crippen LogP contribution in [0.2, 0.25) is 0 Å². The van der Waals surface area contributed by atoms with Gasteiger partial charge in [-0.2, -0.15) is 0 Å². The Labute approximate surface area is 114 Å². The molecule has 0 saturated carbocycles. The van der Waals surface area contributed by atoms with Gasteiger partial charge < -0.3 is 15.4 Å². The van der Waals surface area contributed by atoms with Crippen LogP contribution in [0, 0.1) is 5.92 Å². The van der Waals surface area contributed by atoms with Crippen LogP contribution in [0.25, 0.3) is 0 Å². The molecule has 0 aliphatic carbocycles. The van der Waals surface area contributed by atoms with E-state index in [0.717, 1.165) is 30.9 Å². The Morgan fingerprint density at radius 2 is 2.21 bits per heavy atom. The van der Waals surface area contributed by atoms with Gasteiger partial charge in [-0.05, 0) is 62.5 Å². The van der Waals surface area contributed by atoms with E-state index in [9.17, 15) is 4.79 Å². The Kier molecular flexibility index (Phi) is 5.21. The number of rotatable bonds is 5. The third kappa shape index (κ3) is 4.56. The second-order valence-corrected chi connectivity index (χ2v) is 5.03. The molecular formula is C15H22N2O2. The zero-order chi connectivity index (χ0) is 13.5. The van der Waals surface area contributed by atoms with Gasteiger partial charge in [-0.3, -0.25) is 4.79 Å². The molecule has 4 nitrogen and oxygen atoms in total. The highest BCUT2D eigenvalue weighted by atomic mass is 16.5. The molecule has 1 aromatic carbocycles. The highest BCUT2D eigenvalue weighted by Gasteiger charge is 2.14. The lowest BCUT2D eigenvalue weighted by Gasteiger charge is -2.22. The summed E-state index contributed by atoms with van der Waals surface area (Å²) in [7, 11) is 1.63. The monoisotopic (exact) mass is 262 g/mol. The van der Waals surface area contributed by atoms with Gasteiger partial charge in [0.1, 0.15) is 5.75 Å². The van der Waals surface area contributed by atoms with Gasteiger partial charge in [0.2, 0.25) is 5.91 Å². The van der Waals surface area contributed by atoms with E-state index in [0.29, 0.717) is 12.3 Å². The minimum Gasteiger partial charge on any atom is -0.497 e. The molecule has 1 aliphatic heterocycles. The first-order valence-corrected chi connectivity index (χ1v) is 6.92. The van der Waals surface area contributed by atoms with Crippen molar-refractivity contribution in [3.63, 3.8) is 0 Å². The Bertz CT molecular complexity index is 397. The summed E-state index contributed by atoms with van der Waals surface area (Å²) in [5.74, 6) is 1.54. The Morgan fingerprint density at radius 1 is 1.42 bits per heavy atom. The molecule has 0 spiro atoms. The van der Waals surface area contributed by atoms with Crippen LogP contribution in [-0.2, 0) is 4.79 Å². The van der Waals surface area contributed by atoms with Crippen LogP contribution >= 0.6 is 0 Å². The molecule has 1 heterocycles. The van der Waals surface area contributed by atoms with Crippen molar-refractivity contribution in [2.45, 2.75) is 25.7 Å². The maximum Gasteiger partial charge on any atom is 0.224 e. The minimum atomic E-state index is 0.0933. The average molecular weight is 262 g/mol. The van der Waals surface area contributed by atoms with Crippen LogP contribution in [0.4, 0.5) is 5.69 Å². The van der Waals surface area contributed by atoms with Gasteiger partial charge in [-0.25, -0.2) is 0 Å². The first kappa shape index (κ1) is 13.9. The van der Waals surface area contributed by atoms with Crippen LogP contribution in [0.5, 0.6) is 5.75 Å². The summed E-state index contributed by atoms with van der Waals surface area (Å²) >= 11 is 0. The largest absolute Gasteiger partial charge is 0.497 e. The van der Waals surface area contributed by atoms with Gasteiger partial charge >= 0.3 is 0 Å². The van der Waals surface area contributed by atoms with E-state index in [1.807, 2.05) is 24.3 Å². The predicted octanol–water partition coefficient (Wildman–Crippen LogP) is 2.41. The highest BCUT2D eigenvalue weighted by molar-refractivity contribution is 5.90. The number of amides is 1. The second kappa shape index (κ2) is 7.14. The number of benzene rings is 1. The number of nitrogens with one attached hydrogen (secondary N) is 2. The Morgan fingerprint density at radius 3 is 2.84 bits per heavy atom. The van der Waals surface area contributed by atoms with E-state index in [1.165, 1.54) is 12.8 Å². The number of methoxy groups -OCH3 is 1. The SMILES string of the molecule is COc1ccc(NC(=O)CCC2CCCNC2)cc1. The molecule has 1 aromatic rings. The lowest BCUT2D eigenvalue weighted by atomic mass is 9.94. The van der Waals surface area contributed by atoms with Crippen LogP contribution < -0.4 is 15.4 Å². The maximum absolute atomic E-state index is 11.8. The quantitative estimate of drug-likeness (QED) is 0.856. The summed E-state index contributed by atoms with van der Waals surface area (Å²) in [5.41, 5.74) is 0.826. The van der Waals surface area contributed by atoms with Gasteiger partial charge in [0.25, 0.3) is 0 Å². The molecule has 1 aliphatic rings. The van der Waals surface area contributed by atoms with Crippen LogP contribution in [0.1, 0.15) is 25.7 Å². The van der Waals surface area contributed by atoms with E-state index in [-0.39, 0.29) is 5.91 Å². The van der Waals surface area contributed by atoms with Gasteiger partial charge in [-0.15, -0.1) is 0 Å². The summed E-state index contributed by atoms with van der Waals surface area (Å²) in [6.07, 6.45) is 4.03. The van der Waals surface area contributed by atoms with Crippen molar-refractivity contribution in [2.24, 2.45) is 5.92 Å². The smallest absolute Gasteiger partial charge is 0.224 e. The molecule has 104 valence electrons. The van der Waals surface area contributed by atoms with E-state index < -0.39 is 0 Å². The summed E-state index contributed by atoms with van der Waals surface area (Å²) in [4.78, 5) is 11.8. The fraction of sp³-hybridized carbons (Fsp3) is 0.533. The number of hydrogen-bond acceptors (Lipinski definition) is 3. The van der Waals surface area contributed by atoms with Crippen LogP contribution in [0.3, 0.4) is 0 Å². The van der Waals surface area contributed by atoms with Crippen molar-refractivity contribution in [1.29, 1.82) is 0 Å². The average Bonchev–Trinajstić information content (AvgIpc) is 2.47. The van der Waals surface area contributed by atoms with E-state index >= 15 is 0 Å². The molecule has 0 bridgehead atoms. The summed E-state index contributed by atoms with van der Waals surface area (Å²) in [6.45, 7) is 2.17. The molecule has 1 amide bonds. The summed E-state index contributed by atoms with van der Waals surface area (Å²) in [6, 6.07) is 7.42. The Hall–Kier alpha value is -1.55. The number of carbonyl (C=O) groups excluding carboxylic acids is 1. The molecule has 0 aromatic heterocycles. The predicted molar refractivity (Wildman–Crippen MR) is 76.5 cm³/mol. The van der Waals surface area contributed by atoms with Gasteiger partial charge in [0.15, 0.2) is 0 Å². The van der Waals surface area contributed by atoms with Crippen molar-refractivity contribution < 1.29 is 9.53 Å². The molecule has 19 heavy (non-hydrogen) atoms. The lowest BCUT2D eigenvalue weighted by molar-refractivity contribution is -0.116. The van der Waals surface area contributed by atoms with Gasteiger partial charge in [0.05, 0.1) is 7.11 Å². The number of ether oxygens (including phenoxy) is 1. The first-order chi connectivity index (χ1) is 9.28. The van der Waals surface area contributed by atoms with Crippen molar-refractivity contribution in [1.82, 2.24) is 5.32 Å². The zero-order valence-corrected chi connectivity index (χ0v) is 11.4. The molecule has 1 unspecified atom stereocenters. The second-order valence-electron chi connectivity index (χ2n) is 5.03. The summed E-state index contributed by atoms with van der Waals surface area (Å²) in [5, 5.41) is 6.29. The third-order valence-corrected chi connectivity index (χ3v) is 3.55. The molecule has 4 heteroatoms. The van der Waals surface area contributed by atoms with Crippen molar-refractivity contribution >= 4 is 11.6 Å². The van der Waals surface area contributed by atoms with Crippen molar-refractivity contribution in [2.75, 3.05) is 25.5 Å². The first-order valence-electron chi connectivity index (χ1n) is 6.92. The van der Waals surface area contributed by atoms with Gasteiger partial charge in [-0.1, -0.05) is 0 Å². The Balaban J connectivity index is 1.73. The fourth-order valence-electron chi connectivity index (χ4n) is 2.40. The van der Waals surface area contributed by atoms with E-state index in [1.54, 1.807) is 7.11 Å². The molecule has 2 rings (SSSR count). The maximum atomic E-state index is 11.8. The van der Waals surface area contributed by atoms with Crippen LogP contribution in [0.15, 0.2) is 24.3 Å².